The van der Waals surface area contributed by atoms with Gasteiger partial charge < -0.3 is 4.74 Å². The first-order valence-electron chi connectivity index (χ1n) is 8.75. The molecular weight excluding hydrogens is 396 g/mol. The standard InChI is InChI=1S/C19H20N4O5S/c1-4-23-19(25)14-8-6-5-7-13(14)17(21-23)18(24)20-22-29(26,27)16-11-12(2)9-10-15(16)28-3/h5-11,22H,4H2,1-3H3,(H,20,24). The first-order chi connectivity index (χ1) is 13.8. The second-order valence-corrected chi connectivity index (χ2v) is 7.88. The number of carbonyl (C=O) groups is 1. The number of aromatic nitrogens is 2. The number of carbonyl (C=O) groups excluding carboxylic acids is 1. The Bertz CT molecular complexity index is 1250. The van der Waals surface area contributed by atoms with Crippen molar-refractivity contribution in [2.45, 2.75) is 25.3 Å². The van der Waals surface area contributed by atoms with Crippen LogP contribution in [0.3, 0.4) is 0 Å². The number of rotatable bonds is 6. The number of sulfonamides is 1. The van der Waals surface area contributed by atoms with E-state index in [4.69, 9.17) is 4.74 Å². The van der Waals surface area contributed by atoms with Gasteiger partial charge in [0.2, 0.25) is 0 Å². The van der Waals surface area contributed by atoms with Gasteiger partial charge in [0.25, 0.3) is 21.5 Å². The average Bonchev–Trinajstić information content (AvgIpc) is 2.72. The molecule has 0 saturated carbocycles. The van der Waals surface area contributed by atoms with Gasteiger partial charge in [-0.2, -0.15) is 5.10 Å². The first kappa shape index (κ1) is 20.5. The summed E-state index contributed by atoms with van der Waals surface area (Å²) in [5.74, 6) is -0.654. The molecule has 0 spiro atoms. The van der Waals surface area contributed by atoms with Crippen LogP contribution in [0.5, 0.6) is 5.75 Å². The number of hydrazine groups is 1. The van der Waals surface area contributed by atoms with Crippen LogP contribution in [-0.2, 0) is 16.6 Å². The fourth-order valence-corrected chi connectivity index (χ4v) is 3.93. The zero-order valence-electron chi connectivity index (χ0n) is 16.1. The van der Waals surface area contributed by atoms with Gasteiger partial charge in [0.05, 0.1) is 12.5 Å². The molecule has 2 aromatic carbocycles. The van der Waals surface area contributed by atoms with Gasteiger partial charge in [-0.3, -0.25) is 15.0 Å². The highest BCUT2D eigenvalue weighted by Crippen LogP contribution is 2.24. The molecule has 1 amide bonds. The van der Waals surface area contributed by atoms with Crippen LogP contribution in [-0.4, -0.2) is 31.2 Å². The number of aryl methyl sites for hydroxylation is 2. The molecule has 0 aliphatic carbocycles. The van der Waals surface area contributed by atoms with Crippen LogP contribution in [0, 0.1) is 6.92 Å². The van der Waals surface area contributed by atoms with Crippen LogP contribution >= 0.6 is 0 Å². The topological polar surface area (TPSA) is 119 Å². The fourth-order valence-electron chi connectivity index (χ4n) is 2.84. The number of nitrogens with zero attached hydrogens (tertiary/aromatic N) is 2. The highest BCUT2D eigenvalue weighted by Gasteiger charge is 2.22. The summed E-state index contributed by atoms with van der Waals surface area (Å²) in [6.45, 7) is 3.72. The van der Waals surface area contributed by atoms with Crippen molar-refractivity contribution in [2.75, 3.05) is 7.11 Å². The summed E-state index contributed by atoms with van der Waals surface area (Å²) >= 11 is 0. The van der Waals surface area contributed by atoms with E-state index < -0.39 is 15.9 Å². The van der Waals surface area contributed by atoms with Gasteiger partial charge in [-0.15, -0.1) is 4.83 Å². The summed E-state index contributed by atoms with van der Waals surface area (Å²) < 4.78 is 31.6. The zero-order valence-corrected chi connectivity index (χ0v) is 16.9. The van der Waals surface area contributed by atoms with Crippen molar-refractivity contribution < 1.29 is 17.9 Å². The number of methoxy groups -OCH3 is 1. The molecule has 3 aromatic rings. The van der Waals surface area contributed by atoms with Crippen LogP contribution < -0.4 is 20.6 Å². The van der Waals surface area contributed by atoms with E-state index in [1.54, 1.807) is 44.2 Å². The van der Waals surface area contributed by atoms with Crippen molar-refractivity contribution in [3.8, 4) is 5.75 Å². The van der Waals surface area contributed by atoms with E-state index in [9.17, 15) is 18.0 Å². The molecule has 1 heterocycles. The second kappa shape index (κ2) is 8.02. The quantitative estimate of drug-likeness (QED) is 0.586. The van der Waals surface area contributed by atoms with E-state index in [1.807, 2.05) is 0 Å². The lowest BCUT2D eigenvalue weighted by Crippen LogP contribution is -2.42. The SMILES string of the molecule is CCn1nc(C(=O)NNS(=O)(=O)c2cc(C)ccc2OC)c2ccccc2c1=O. The van der Waals surface area contributed by atoms with Gasteiger partial charge in [0, 0.05) is 11.9 Å². The molecule has 10 heteroatoms. The number of fused-ring (bicyclic) bond motifs is 1. The zero-order chi connectivity index (χ0) is 21.2. The Labute approximate surface area is 167 Å². The smallest absolute Gasteiger partial charge is 0.287 e. The number of benzene rings is 2. The van der Waals surface area contributed by atoms with Gasteiger partial charge in [-0.25, -0.2) is 13.1 Å². The summed E-state index contributed by atoms with van der Waals surface area (Å²) in [4.78, 5) is 27.0. The van der Waals surface area contributed by atoms with Crippen LogP contribution in [0.4, 0.5) is 0 Å². The molecule has 2 N–H and O–H groups in total. The van der Waals surface area contributed by atoms with Crippen LogP contribution in [0.1, 0.15) is 23.0 Å². The van der Waals surface area contributed by atoms with E-state index in [2.05, 4.69) is 15.4 Å². The average molecular weight is 416 g/mol. The number of nitrogens with one attached hydrogen (secondary N) is 2. The minimum absolute atomic E-state index is 0.0686. The molecule has 0 aliphatic heterocycles. The Morgan fingerprint density at radius 3 is 2.52 bits per heavy atom. The third-order valence-corrected chi connectivity index (χ3v) is 5.56. The molecule has 0 aliphatic rings. The third kappa shape index (κ3) is 3.98. The number of hydrogen-bond acceptors (Lipinski definition) is 6. The van der Waals surface area contributed by atoms with Gasteiger partial charge in [0.1, 0.15) is 10.6 Å². The molecule has 0 fully saturated rings. The molecule has 3 rings (SSSR count). The van der Waals surface area contributed by atoms with Crippen LogP contribution in [0.25, 0.3) is 10.8 Å². The highest BCUT2D eigenvalue weighted by atomic mass is 32.2. The molecule has 0 saturated heterocycles. The minimum atomic E-state index is -4.11. The lowest BCUT2D eigenvalue weighted by molar-refractivity contribution is 0.0939. The summed E-state index contributed by atoms with van der Waals surface area (Å²) in [5, 5.41) is 4.72. The minimum Gasteiger partial charge on any atom is -0.495 e. The van der Waals surface area contributed by atoms with E-state index >= 15 is 0 Å². The van der Waals surface area contributed by atoms with E-state index in [0.29, 0.717) is 16.3 Å². The summed E-state index contributed by atoms with van der Waals surface area (Å²) in [7, 11) is -2.76. The van der Waals surface area contributed by atoms with Crippen LogP contribution in [0.15, 0.2) is 52.2 Å². The largest absolute Gasteiger partial charge is 0.495 e. The molecule has 0 unspecified atom stereocenters. The van der Waals surface area contributed by atoms with Crippen molar-refractivity contribution in [1.82, 2.24) is 20.0 Å². The van der Waals surface area contributed by atoms with Crippen molar-refractivity contribution in [1.29, 1.82) is 0 Å². The molecule has 0 bridgehead atoms. The Kier molecular flexibility index (Phi) is 5.66. The lowest BCUT2D eigenvalue weighted by atomic mass is 10.1. The van der Waals surface area contributed by atoms with Crippen molar-refractivity contribution in [2.24, 2.45) is 0 Å². The number of amides is 1. The molecule has 1 aromatic heterocycles. The second-order valence-electron chi connectivity index (χ2n) is 6.23. The number of hydrogen-bond donors (Lipinski definition) is 2. The molecule has 9 nitrogen and oxygen atoms in total. The number of ether oxygens (including phenoxy) is 1. The Balaban J connectivity index is 1.95. The maximum Gasteiger partial charge on any atom is 0.287 e. The molecule has 29 heavy (non-hydrogen) atoms. The van der Waals surface area contributed by atoms with E-state index in [-0.39, 0.29) is 28.4 Å². The van der Waals surface area contributed by atoms with Gasteiger partial charge >= 0.3 is 0 Å². The molecule has 0 radical (unpaired) electrons. The first-order valence-corrected chi connectivity index (χ1v) is 10.2. The Hall–Kier alpha value is -3.24. The maximum absolute atomic E-state index is 12.7. The van der Waals surface area contributed by atoms with Crippen molar-refractivity contribution in [3.63, 3.8) is 0 Å². The molecular formula is C19H20N4O5S. The Morgan fingerprint density at radius 2 is 1.86 bits per heavy atom. The summed E-state index contributed by atoms with van der Waals surface area (Å²) in [6, 6.07) is 11.2. The summed E-state index contributed by atoms with van der Waals surface area (Å²) in [6.07, 6.45) is 0. The van der Waals surface area contributed by atoms with Crippen molar-refractivity contribution in [3.05, 3.63) is 64.1 Å². The van der Waals surface area contributed by atoms with Gasteiger partial charge in [-0.1, -0.05) is 24.3 Å². The Morgan fingerprint density at radius 1 is 1.17 bits per heavy atom. The molecule has 0 atom stereocenters. The maximum atomic E-state index is 12.7. The van der Waals surface area contributed by atoms with Crippen LogP contribution in [0.2, 0.25) is 0 Å². The van der Waals surface area contributed by atoms with E-state index in [1.165, 1.54) is 19.2 Å². The monoisotopic (exact) mass is 416 g/mol. The predicted molar refractivity (Wildman–Crippen MR) is 107 cm³/mol. The summed E-state index contributed by atoms with van der Waals surface area (Å²) in [5.41, 5.74) is 2.47. The lowest BCUT2D eigenvalue weighted by Gasteiger charge is -2.13. The van der Waals surface area contributed by atoms with Gasteiger partial charge in [-0.05, 0) is 37.6 Å². The van der Waals surface area contributed by atoms with E-state index in [0.717, 1.165) is 4.68 Å². The normalized spacial score (nSPS) is 11.4. The highest BCUT2D eigenvalue weighted by molar-refractivity contribution is 7.89. The van der Waals surface area contributed by atoms with Gasteiger partial charge in [0.15, 0.2) is 5.69 Å². The van der Waals surface area contributed by atoms with Crippen molar-refractivity contribution >= 4 is 26.7 Å². The third-order valence-electron chi connectivity index (χ3n) is 4.29. The predicted octanol–water partition coefficient (Wildman–Crippen LogP) is 1.36. The fraction of sp³-hybridized carbons (Fsp3) is 0.211. The molecule has 152 valence electrons.